The van der Waals surface area contributed by atoms with Crippen LogP contribution in [0.15, 0.2) is 24.3 Å². The van der Waals surface area contributed by atoms with Crippen molar-refractivity contribution in [2.45, 2.75) is 147 Å². The Bertz CT molecular complexity index is 795. The van der Waals surface area contributed by atoms with Crippen LogP contribution in [0.25, 0.3) is 0 Å². The van der Waals surface area contributed by atoms with Crippen molar-refractivity contribution in [1.82, 2.24) is 0 Å². The largest absolute Gasteiger partial charge is 0.481 e. The minimum atomic E-state index is -0.756. The van der Waals surface area contributed by atoms with Gasteiger partial charge >= 0.3 is 5.97 Å². The van der Waals surface area contributed by atoms with Gasteiger partial charge in [0.05, 0.1) is 18.3 Å². The molecule has 0 bridgehead atoms. The van der Waals surface area contributed by atoms with Crippen molar-refractivity contribution in [3.63, 3.8) is 0 Å². The molecular weight excluding hydrogens is 508 g/mol. The molecule has 0 amide bonds. The summed E-state index contributed by atoms with van der Waals surface area (Å²) < 4.78 is 25.2. The topological polar surface area (TPSA) is 94.5 Å². The summed E-state index contributed by atoms with van der Waals surface area (Å²) in [4.78, 5) is 10.8. The van der Waals surface area contributed by atoms with Gasteiger partial charge in [0.15, 0.2) is 12.6 Å². The van der Waals surface area contributed by atoms with Crippen LogP contribution in [0.1, 0.15) is 116 Å². The van der Waals surface area contributed by atoms with E-state index in [0.29, 0.717) is 12.8 Å². The number of aliphatic carboxylic acids is 1. The van der Waals surface area contributed by atoms with E-state index in [1.807, 2.05) is 0 Å². The number of rotatable bonds is 16. The first-order chi connectivity index (χ1) is 19.5. The second-order valence-electron chi connectivity index (χ2n) is 12.6. The number of carboxylic acids is 1. The van der Waals surface area contributed by atoms with Crippen LogP contribution in [0.5, 0.6) is 0 Å². The first-order valence-corrected chi connectivity index (χ1v) is 16.3. The summed E-state index contributed by atoms with van der Waals surface area (Å²) in [6, 6.07) is 0. The Hall–Kier alpha value is -1.25. The maximum Gasteiger partial charge on any atom is 0.303 e. The van der Waals surface area contributed by atoms with Crippen molar-refractivity contribution in [1.29, 1.82) is 0 Å². The molecule has 2 aliphatic heterocycles. The molecule has 4 rings (SSSR count). The molecule has 2 N–H and O–H groups in total. The van der Waals surface area contributed by atoms with Gasteiger partial charge in [-0.25, -0.2) is 0 Å². The molecule has 2 saturated carbocycles. The number of allylic oxidation sites excluding steroid dienone is 2. The van der Waals surface area contributed by atoms with Gasteiger partial charge in [-0.05, 0) is 83.0 Å². The SMILES string of the molecule is CCCCC1([C@@H](C=C[C@@H]2[C@@H](CC=CCCCC(=O)O)[C@@H](O)C[C@H]2OC2CCCCO2)OC2CCCCO2)CCC1. The molecule has 7 nitrogen and oxygen atoms in total. The standard InChI is InChI=1S/C33H54O7/c1-2-3-19-33(20-12-21-33)29(40-32-16-9-11-23-38-32)18-17-26-25(13-6-4-5-7-14-30(35)36)27(34)24-28(26)39-31-15-8-10-22-37-31/h4,6,17-18,25-29,31-32,34H,2-3,5,7-16,19-24H2,1H3,(H,35,36)/t25-,26-,27+,28-,29-,31?,32?/m1/s1. The molecule has 2 heterocycles. The Morgan fingerprint density at radius 3 is 2.40 bits per heavy atom. The second kappa shape index (κ2) is 16.4. The summed E-state index contributed by atoms with van der Waals surface area (Å²) in [5, 5.41) is 20.1. The number of carbonyl (C=O) groups is 1. The molecule has 4 fully saturated rings. The summed E-state index contributed by atoms with van der Waals surface area (Å²) in [6.45, 7) is 3.77. The van der Waals surface area contributed by atoms with Gasteiger partial charge in [-0.15, -0.1) is 0 Å². The fourth-order valence-electron chi connectivity index (χ4n) is 7.03. The average molecular weight is 563 g/mol. The normalized spacial score (nSPS) is 33.4. The van der Waals surface area contributed by atoms with Crippen LogP contribution in [0.2, 0.25) is 0 Å². The first-order valence-electron chi connectivity index (χ1n) is 16.3. The number of aliphatic hydroxyl groups is 1. The van der Waals surface area contributed by atoms with Crippen LogP contribution < -0.4 is 0 Å². The van der Waals surface area contributed by atoms with Crippen molar-refractivity contribution < 1.29 is 34.0 Å². The third-order valence-electron chi connectivity index (χ3n) is 9.62. The highest BCUT2D eigenvalue weighted by atomic mass is 16.7. The molecule has 0 spiro atoms. The van der Waals surface area contributed by atoms with E-state index in [-0.39, 0.29) is 48.5 Å². The predicted molar refractivity (Wildman–Crippen MR) is 155 cm³/mol. The van der Waals surface area contributed by atoms with E-state index >= 15 is 0 Å². The molecule has 0 radical (unpaired) electrons. The highest BCUT2D eigenvalue weighted by Crippen LogP contribution is 2.50. The molecule has 0 aromatic rings. The number of aliphatic hydroxyl groups excluding tert-OH is 1. The number of ether oxygens (including phenoxy) is 4. The lowest BCUT2D eigenvalue weighted by molar-refractivity contribution is -0.211. The van der Waals surface area contributed by atoms with E-state index in [4.69, 9.17) is 24.1 Å². The molecule has 2 saturated heterocycles. The van der Waals surface area contributed by atoms with E-state index in [9.17, 15) is 9.90 Å². The zero-order valence-corrected chi connectivity index (χ0v) is 24.7. The lowest BCUT2D eigenvalue weighted by Crippen LogP contribution is -2.44. The predicted octanol–water partition coefficient (Wildman–Crippen LogP) is 6.92. The minimum absolute atomic E-state index is 0.00688. The molecule has 2 aliphatic carbocycles. The van der Waals surface area contributed by atoms with Gasteiger partial charge in [0.25, 0.3) is 0 Å². The molecule has 7 atom stereocenters. The van der Waals surface area contributed by atoms with Crippen molar-refractivity contribution >= 4 is 5.97 Å². The summed E-state index contributed by atoms with van der Waals surface area (Å²) in [5.41, 5.74) is 0.174. The van der Waals surface area contributed by atoms with Gasteiger partial charge in [0.2, 0.25) is 0 Å². The van der Waals surface area contributed by atoms with Crippen molar-refractivity contribution in [2.24, 2.45) is 17.3 Å². The Morgan fingerprint density at radius 1 is 1.02 bits per heavy atom. The Morgan fingerprint density at radius 2 is 1.77 bits per heavy atom. The average Bonchev–Trinajstić information content (AvgIpc) is 3.22. The third-order valence-corrected chi connectivity index (χ3v) is 9.62. The van der Waals surface area contributed by atoms with E-state index in [1.165, 1.54) is 38.5 Å². The van der Waals surface area contributed by atoms with Gasteiger partial charge in [0.1, 0.15) is 0 Å². The van der Waals surface area contributed by atoms with Crippen LogP contribution >= 0.6 is 0 Å². The maximum atomic E-state index is 11.2. The molecule has 0 aromatic carbocycles. The highest BCUT2D eigenvalue weighted by molar-refractivity contribution is 5.66. The zero-order valence-electron chi connectivity index (χ0n) is 24.7. The van der Waals surface area contributed by atoms with E-state index < -0.39 is 12.1 Å². The van der Waals surface area contributed by atoms with Gasteiger partial charge in [0, 0.05) is 37.4 Å². The smallest absolute Gasteiger partial charge is 0.303 e. The molecule has 2 unspecified atom stereocenters. The van der Waals surface area contributed by atoms with E-state index in [0.717, 1.165) is 64.6 Å². The first kappa shape index (κ1) is 31.7. The van der Waals surface area contributed by atoms with Crippen LogP contribution in [0, 0.1) is 17.3 Å². The lowest BCUT2D eigenvalue weighted by Gasteiger charge is -2.48. The van der Waals surface area contributed by atoms with Crippen LogP contribution in [-0.4, -0.2) is 60.3 Å². The second-order valence-corrected chi connectivity index (χ2v) is 12.6. The maximum absolute atomic E-state index is 11.2. The lowest BCUT2D eigenvalue weighted by atomic mass is 9.62. The summed E-state index contributed by atoms with van der Waals surface area (Å²) in [7, 11) is 0. The van der Waals surface area contributed by atoms with Crippen LogP contribution in [-0.2, 0) is 23.7 Å². The fraction of sp³-hybridized carbons (Fsp3) is 0.848. The quantitative estimate of drug-likeness (QED) is 0.156. The van der Waals surface area contributed by atoms with Crippen molar-refractivity contribution in [2.75, 3.05) is 13.2 Å². The minimum Gasteiger partial charge on any atom is -0.481 e. The highest BCUT2D eigenvalue weighted by Gasteiger charge is 2.46. The Balaban J connectivity index is 1.50. The van der Waals surface area contributed by atoms with Crippen molar-refractivity contribution in [3.05, 3.63) is 24.3 Å². The van der Waals surface area contributed by atoms with Gasteiger partial charge in [-0.3, -0.25) is 4.79 Å². The van der Waals surface area contributed by atoms with Gasteiger partial charge < -0.3 is 29.2 Å². The van der Waals surface area contributed by atoms with E-state index in [2.05, 4.69) is 31.2 Å². The van der Waals surface area contributed by atoms with E-state index in [1.54, 1.807) is 0 Å². The number of hydrogen-bond acceptors (Lipinski definition) is 6. The summed E-state index contributed by atoms with van der Waals surface area (Å²) >= 11 is 0. The zero-order chi connectivity index (χ0) is 28.2. The van der Waals surface area contributed by atoms with Gasteiger partial charge in [-0.2, -0.15) is 0 Å². The number of hydrogen-bond donors (Lipinski definition) is 2. The molecule has 40 heavy (non-hydrogen) atoms. The molecule has 7 heteroatoms. The molecule has 4 aliphatic rings. The Labute approximate surface area is 241 Å². The van der Waals surface area contributed by atoms with Crippen LogP contribution in [0.4, 0.5) is 0 Å². The molecular formula is C33H54O7. The fourth-order valence-corrected chi connectivity index (χ4v) is 7.03. The van der Waals surface area contributed by atoms with Gasteiger partial charge in [-0.1, -0.05) is 50.5 Å². The Kier molecular flexibility index (Phi) is 13.0. The number of carboxylic acid groups (broad SMARTS) is 1. The summed E-state index contributed by atoms with van der Waals surface area (Å²) in [6.07, 6.45) is 24.3. The molecule has 228 valence electrons. The number of unbranched alkanes of at least 4 members (excludes halogenated alkanes) is 2. The summed E-state index contributed by atoms with van der Waals surface area (Å²) in [5.74, 6) is -0.653. The van der Waals surface area contributed by atoms with Crippen molar-refractivity contribution in [3.8, 4) is 0 Å². The van der Waals surface area contributed by atoms with Crippen LogP contribution in [0.3, 0.4) is 0 Å². The monoisotopic (exact) mass is 562 g/mol. The third kappa shape index (κ3) is 9.12. The molecule has 0 aromatic heterocycles.